The van der Waals surface area contributed by atoms with Crippen molar-refractivity contribution in [3.8, 4) is 16.1 Å². The highest BCUT2D eigenvalue weighted by Gasteiger charge is 2.64. The molecule has 1 saturated carbocycles. The SMILES string of the molecule is Cc1ncsc1-c1ccc(C(=O)N2C(=NCCC(C)(C)C)NC(F)c3ncnn3-c3cc(ccc3Cl)[C@H]2COC(=O)NC2(C(F)(F)F)CC2)c(F)c1. The van der Waals surface area contributed by atoms with Crippen molar-refractivity contribution in [3.05, 3.63) is 81.7 Å². The maximum absolute atomic E-state index is 16.3. The van der Waals surface area contributed by atoms with Crippen molar-refractivity contribution in [1.29, 1.82) is 0 Å². The molecule has 1 fully saturated rings. The van der Waals surface area contributed by atoms with E-state index in [4.69, 9.17) is 16.3 Å². The summed E-state index contributed by atoms with van der Waals surface area (Å²) >= 11 is 7.80. The number of aryl methyl sites for hydroxylation is 1. The Balaban J connectivity index is 1.48. The van der Waals surface area contributed by atoms with E-state index < -0.39 is 54.0 Å². The molecule has 1 unspecified atom stereocenters. The molecule has 1 aliphatic carbocycles. The molecule has 0 saturated heterocycles. The number of aliphatic imine (C=N–C) groups is 1. The topological polar surface area (TPSA) is 127 Å². The lowest BCUT2D eigenvalue weighted by molar-refractivity contribution is -0.164. The third-order valence-electron chi connectivity index (χ3n) is 8.74. The zero-order valence-corrected chi connectivity index (χ0v) is 30.0. The number of carbonyl (C=O) groups is 2. The van der Waals surface area contributed by atoms with Gasteiger partial charge in [-0.1, -0.05) is 44.5 Å². The Bertz CT molecular complexity index is 2020. The summed E-state index contributed by atoms with van der Waals surface area (Å²) in [5, 5.41) is 8.71. The molecule has 0 spiro atoms. The number of nitrogens with one attached hydrogen (secondary N) is 2. The maximum Gasteiger partial charge on any atom is 0.411 e. The number of hydrogen-bond donors (Lipinski definition) is 2. The lowest BCUT2D eigenvalue weighted by Gasteiger charge is -2.35. The number of amides is 2. The summed E-state index contributed by atoms with van der Waals surface area (Å²) in [4.78, 5) is 42.0. The van der Waals surface area contributed by atoms with Crippen molar-refractivity contribution in [2.75, 3.05) is 13.2 Å². The van der Waals surface area contributed by atoms with Crippen LogP contribution in [0.15, 0.2) is 53.2 Å². The Morgan fingerprint density at radius 1 is 1.15 bits per heavy atom. The van der Waals surface area contributed by atoms with Crippen molar-refractivity contribution in [1.82, 2.24) is 35.3 Å². The van der Waals surface area contributed by atoms with Gasteiger partial charge in [0.15, 0.2) is 5.82 Å². The van der Waals surface area contributed by atoms with Gasteiger partial charge in [-0.2, -0.15) is 18.3 Å². The van der Waals surface area contributed by atoms with Crippen molar-refractivity contribution in [3.63, 3.8) is 0 Å². The zero-order valence-electron chi connectivity index (χ0n) is 28.4. The molecule has 2 atom stereocenters. The number of benzene rings is 2. The van der Waals surface area contributed by atoms with E-state index in [-0.39, 0.29) is 52.9 Å². The highest BCUT2D eigenvalue weighted by Crippen LogP contribution is 2.49. The molecule has 276 valence electrons. The Hall–Kier alpha value is -4.64. The minimum absolute atomic E-state index is 0.0646. The number of fused-ring (bicyclic) bond motifs is 4. The molecule has 6 rings (SSSR count). The van der Waals surface area contributed by atoms with Crippen LogP contribution in [0.25, 0.3) is 16.1 Å². The smallest absolute Gasteiger partial charge is 0.411 e. The number of nitrogens with zero attached hydrogens (tertiary/aromatic N) is 6. The van der Waals surface area contributed by atoms with Crippen LogP contribution in [-0.2, 0) is 4.74 Å². The van der Waals surface area contributed by atoms with Crippen LogP contribution in [0.2, 0.25) is 5.02 Å². The number of ether oxygens (including phenoxy) is 1. The average Bonchev–Trinajstić information content (AvgIpc) is 3.47. The molecule has 18 heteroatoms. The number of guanidine groups is 1. The van der Waals surface area contributed by atoms with Crippen LogP contribution in [0.3, 0.4) is 0 Å². The number of hydrogen-bond acceptors (Lipinski definition) is 8. The van der Waals surface area contributed by atoms with Gasteiger partial charge in [0.1, 0.15) is 24.3 Å². The summed E-state index contributed by atoms with van der Waals surface area (Å²) in [7, 11) is 0. The largest absolute Gasteiger partial charge is 0.447 e. The lowest BCUT2D eigenvalue weighted by atomic mass is 9.92. The predicted molar refractivity (Wildman–Crippen MR) is 183 cm³/mol. The van der Waals surface area contributed by atoms with Gasteiger partial charge in [0, 0.05) is 6.54 Å². The second-order valence-corrected chi connectivity index (χ2v) is 15.0. The fourth-order valence-electron chi connectivity index (χ4n) is 5.61. The second kappa shape index (κ2) is 14.1. The van der Waals surface area contributed by atoms with Gasteiger partial charge in [-0.3, -0.25) is 14.7 Å². The van der Waals surface area contributed by atoms with Gasteiger partial charge in [0.25, 0.3) is 5.91 Å². The van der Waals surface area contributed by atoms with E-state index in [1.54, 1.807) is 12.4 Å². The van der Waals surface area contributed by atoms with E-state index in [0.717, 1.165) is 15.9 Å². The lowest BCUT2D eigenvalue weighted by Crippen LogP contribution is -2.51. The Kier molecular flexibility index (Phi) is 10.0. The summed E-state index contributed by atoms with van der Waals surface area (Å²) in [5.74, 6) is -2.56. The van der Waals surface area contributed by atoms with Gasteiger partial charge >= 0.3 is 12.3 Å². The van der Waals surface area contributed by atoms with E-state index in [1.165, 1.54) is 47.7 Å². The van der Waals surface area contributed by atoms with Gasteiger partial charge in [0.2, 0.25) is 12.3 Å². The van der Waals surface area contributed by atoms with E-state index in [1.807, 2.05) is 26.1 Å². The number of alkyl carbamates (subject to hydrolysis) is 1. The molecule has 2 N–H and O–H groups in total. The van der Waals surface area contributed by atoms with Gasteiger partial charge in [0.05, 0.1) is 38.4 Å². The molecule has 2 aromatic carbocycles. The van der Waals surface area contributed by atoms with Crippen LogP contribution in [-0.4, -0.2) is 67.5 Å². The third kappa shape index (κ3) is 7.60. The van der Waals surface area contributed by atoms with Crippen LogP contribution >= 0.6 is 22.9 Å². The highest BCUT2D eigenvalue weighted by atomic mass is 35.5. The van der Waals surface area contributed by atoms with Gasteiger partial charge in [-0.15, -0.1) is 11.3 Å². The normalized spacial score (nSPS) is 19.1. The predicted octanol–water partition coefficient (Wildman–Crippen LogP) is 7.86. The fraction of sp³-hybridized carbons (Fsp3) is 0.412. The summed E-state index contributed by atoms with van der Waals surface area (Å²) in [6.07, 6.45) is -7.36. The molecule has 2 aromatic heterocycles. The first-order chi connectivity index (χ1) is 24.5. The summed E-state index contributed by atoms with van der Waals surface area (Å²) < 4.78 is 79.9. The first-order valence-electron chi connectivity index (χ1n) is 16.2. The van der Waals surface area contributed by atoms with E-state index >= 15 is 8.78 Å². The van der Waals surface area contributed by atoms with E-state index in [9.17, 15) is 22.8 Å². The molecule has 2 bridgehead atoms. The monoisotopic (exact) mass is 764 g/mol. The quantitative estimate of drug-likeness (QED) is 0.145. The molecule has 0 radical (unpaired) electrons. The summed E-state index contributed by atoms with van der Waals surface area (Å²) in [6.45, 7) is 6.93. The molecule has 3 heterocycles. The van der Waals surface area contributed by atoms with Gasteiger partial charge in [-0.05, 0) is 67.0 Å². The van der Waals surface area contributed by atoms with E-state index in [0.29, 0.717) is 22.6 Å². The molecular weight excluding hydrogens is 731 g/mol. The van der Waals surface area contributed by atoms with Crippen molar-refractivity contribution in [2.45, 2.75) is 71.0 Å². The summed E-state index contributed by atoms with van der Waals surface area (Å²) in [6, 6.07) is 6.93. The highest BCUT2D eigenvalue weighted by molar-refractivity contribution is 7.13. The molecule has 4 aromatic rings. The van der Waals surface area contributed by atoms with Crippen LogP contribution in [0.4, 0.5) is 26.7 Å². The molecule has 2 aliphatic rings. The van der Waals surface area contributed by atoms with Crippen LogP contribution < -0.4 is 10.6 Å². The average molecular weight is 765 g/mol. The molecule has 52 heavy (non-hydrogen) atoms. The minimum atomic E-state index is -4.72. The standard InChI is InChI=1S/C34H34ClF5N8O3S/c1-18-26(52-17-43-18)20-5-7-21(23(36)13-20)29(49)47-25(15-51-31(50)46-33(9-10-33)34(38,39)40)19-6-8-22(35)24(14-19)48-28(42-16-44-48)27(37)45-30(47)41-12-11-32(2,3)4/h5-8,13-14,16-17,25,27H,9-12,15H2,1-4H3,(H,41,45)(H,46,50)/t25-,27?/m1/s1. The molecule has 11 nitrogen and oxygen atoms in total. The van der Waals surface area contributed by atoms with Crippen LogP contribution in [0.1, 0.15) is 79.8 Å². The number of rotatable bonds is 7. The number of carbonyl (C=O) groups excluding carboxylic acids is 2. The van der Waals surface area contributed by atoms with Crippen molar-refractivity contribution in [2.24, 2.45) is 10.4 Å². The molecule has 2 amide bonds. The van der Waals surface area contributed by atoms with Crippen LogP contribution in [0.5, 0.6) is 0 Å². The second-order valence-electron chi connectivity index (χ2n) is 13.7. The Labute approximate surface area is 304 Å². The minimum Gasteiger partial charge on any atom is -0.447 e. The van der Waals surface area contributed by atoms with E-state index in [2.05, 4.69) is 25.4 Å². The molecule has 1 aliphatic heterocycles. The zero-order chi connectivity index (χ0) is 37.6. The maximum atomic E-state index is 16.3. The fourth-order valence-corrected chi connectivity index (χ4v) is 6.61. The third-order valence-corrected chi connectivity index (χ3v) is 10.0. The number of halogens is 6. The molecular formula is C34H34ClF5N8O3S. The number of alkyl halides is 4. The Morgan fingerprint density at radius 3 is 2.54 bits per heavy atom. The number of thiazole rings is 1. The van der Waals surface area contributed by atoms with Crippen molar-refractivity contribution < 1.29 is 36.3 Å². The van der Waals surface area contributed by atoms with Crippen molar-refractivity contribution >= 4 is 40.9 Å². The Morgan fingerprint density at radius 2 is 1.90 bits per heavy atom. The first-order valence-corrected chi connectivity index (χ1v) is 17.4. The van der Waals surface area contributed by atoms with Crippen LogP contribution in [0, 0.1) is 18.2 Å². The summed E-state index contributed by atoms with van der Waals surface area (Å²) in [5.41, 5.74) is -0.0343. The van der Waals surface area contributed by atoms with Gasteiger partial charge in [-0.25, -0.2) is 28.2 Å². The first kappa shape index (κ1) is 37.1. The van der Waals surface area contributed by atoms with Gasteiger partial charge < -0.3 is 15.4 Å². The number of aromatic nitrogens is 4.